The molecule has 0 aromatic heterocycles. The monoisotopic (exact) mass is 307 g/mol. The van der Waals surface area contributed by atoms with Crippen molar-refractivity contribution in [3.8, 4) is 0 Å². The number of carbonyl (C=O) groups is 2. The second-order valence-electron chi connectivity index (χ2n) is 4.84. The van der Waals surface area contributed by atoms with E-state index in [4.69, 9.17) is 5.11 Å². The highest BCUT2D eigenvalue weighted by Crippen LogP contribution is 2.16. The summed E-state index contributed by atoms with van der Waals surface area (Å²) in [6.07, 6.45) is 2.04. The highest BCUT2D eigenvalue weighted by molar-refractivity contribution is 7.88. The van der Waals surface area contributed by atoms with E-state index in [0.717, 1.165) is 6.26 Å². The number of amides is 1. The minimum Gasteiger partial charge on any atom is -0.481 e. The van der Waals surface area contributed by atoms with Crippen molar-refractivity contribution in [2.24, 2.45) is 5.92 Å². The van der Waals surface area contributed by atoms with Gasteiger partial charge >= 0.3 is 5.97 Å². The molecule has 0 aliphatic carbocycles. The van der Waals surface area contributed by atoms with Crippen LogP contribution in [-0.4, -0.2) is 69.3 Å². The first-order chi connectivity index (χ1) is 9.29. The number of hydrogen-bond acceptors (Lipinski definition) is 5. The van der Waals surface area contributed by atoms with E-state index in [1.54, 1.807) is 4.90 Å². The molecule has 1 heterocycles. The molecule has 0 aromatic rings. The zero-order valence-corrected chi connectivity index (χ0v) is 12.3. The SMILES string of the molecule is CS(=O)(=O)NCCNCC(=O)N1CCC(C(=O)O)CC1. The summed E-state index contributed by atoms with van der Waals surface area (Å²) < 4.78 is 23.9. The van der Waals surface area contributed by atoms with Crippen LogP contribution in [0.2, 0.25) is 0 Å². The molecule has 116 valence electrons. The number of carboxylic acid groups (broad SMARTS) is 1. The number of sulfonamides is 1. The van der Waals surface area contributed by atoms with Crippen molar-refractivity contribution in [3.63, 3.8) is 0 Å². The van der Waals surface area contributed by atoms with Gasteiger partial charge in [0.05, 0.1) is 18.7 Å². The predicted molar refractivity (Wildman–Crippen MR) is 72.7 cm³/mol. The number of rotatable bonds is 7. The van der Waals surface area contributed by atoms with Crippen LogP contribution >= 0.6 is 0 Å². The lowest BCUT2D eigenvalue weighted by molar-refractivity contribution is -0.145. The van der Waals surface area contributed by atoms with E-state index >= 15 is 0 Å². The fourth-order valence-corrected chi connectivity index (χ4v) is 2.48. The van der Waals surface area contributed by atoms with Crippen LogP contribution in [0.4, 0.5) is 0 Å². The molecule has 9 heteroatoms. The van der Waals surface area contributed by atoms with Gasteiger partial charge in [-0.15, -0.1) is 0 Å². The topological polar surface area (TPSA) is 116 Å². The van der Waals surface area contributed by atoms with Gasteiger partial charge in [0.1, 0.15) is 0 Å². The van der Waals surface area contributed by atoms with Crippen LogP contribution in [0.5, 0.6) is 0 Å². The van der Waals surface area contributed by atoms with Crippen LogP contribution in [0.25, 0.3) is 0 Å². The van der Waals surface area contributed by atoms with E-state index < -0.39 is 16.0 Å². The number of aliphatic carboxylic acids is 1. The third-order valence-electron chi connectivity index (χ3n) is 3.14. The van der Waals surface area contributed by atoms with E-state index in [9.17, 15) is 18.0 Å². The Balaban J connectivity index is 2.16. The van der Waals surface area contributed by atoms with Crippen molar-refractivity contribution in [2.45, 2.75) is 12.8 Å². The van der Waals surface area contributed by atoms with Crippen molar-refractivity contribution in [1.82, 2.24) is 14.9 Å². The maximum Gasteiger partial charge on any atom is 0.306 e. The fourth-order valence-electron chi connectivity index (χ4n) is 2.01. The first-order valence-corrected chi connectivity index (χ1v) is 8.34. The summed E-state index contributed by atoms with van der Waals surface area (Å²) >= 11 is 0. The standard InChI is InChI=1S/C11H21N3O5S/c1-20(18,19)13-5-4-12-8-10(15)14-6-2-9(3-7-14)11(16)17/h9,12-13H,2-8H2,1H3,(H,16,17). The summed E-state index contributed by atoms with van der Waals surface area (Å²) in [5.41, 5.74) is 0. The normalized spacial score (nSPS) is 17.1. The molecule has 1 rings (SSSR count). The van der Waals surface area contributed by atoms with Gasteiger partial charge in [0.2, 0.25) is 15.9 Å². The van der Waals surface area contributed by atoms with E-state index in [1.807, 2.05) is 0 Å². The van der Waals surface area contributed by atoms with Gasteiger partial charge in [-0.3, -0.25) is 9.59 Å². The molecule has 1 saturated heterocycles. The molecule has 1 amide bonds. The van der Waals surface area contributed by atoms with Crippen molar-refractivity contribution in [3.05, 3.63) is 0 Å². The fraction of sp³-hybridized carbons (Fsp3) is 0.818. The van der Waals surface area contributed by atoms with Crippen molar-refractivity contribution >= 4 is 21.9 Å². The number of likely N-dealkylation sites (tertiary alicyclic amines) is 1. The Kier molecular flexibility index (Phi) is 6.37. The first kappa shape index (κ1) is 16.9. The van der Waals surface area contributed by atoms with Crippen LogP contribution in [0.1, 0.15) is 12.8 Å². The lowest BCUT2D eigenvalue weighted by atomic mass is 9.97. The Labute approximate surface area is 118 Å². The van der Waals surface area contributed by atoms with Crippen molar-refractivity contribution in [2.75, 3.05) is 39.0 Å². The molecular formula is C11H21N3O5S. The van der Waals surface area contributed by atoms with Crippen LogP contribution in [-0.2, 0) is 19.6 Å². The van der Waals surface area contributed by atoms with Crippen LogP contribution < -0.4 is 10.0 Å². The second-order valence-corrected chi connectivity index (χ2v) is 6.67. The largest absolute Gasteiger partial charge is 0.481 e. The van der Waals surface area contributed by atoms with Crippen LogP contribution in [0, 0.1) is 5.92 Å². The Morgan fingerprint density at radius 2 is 1.85 bits per heavy atom. The quantitative estimate of drug-likeness (QED) is 0.490. The van der Waals surface area contributed by atoms with Crippen molar-refractivity contribution in [1.29, 1.82) is 0 Å². The summed E-state index contributed by atoms with van der Waals surface area (Å²) in [5, 5.41) is 11.7. The molecule has 0 radical (unpaired) electrons. The number of nitrogens with one attached hydrogen (secondary N) is 2. The maximum absolute atomic E-state index is 11.8. The Morgan fingerprint density at radius 3 is 2.35 bits per heavy atom. The summed E-state index contributed by atoms with van der Waals surface area (Å²) in [5.74, 6) is -1.25. The average molecular weight is 307 g/mol. The number of hydrogen-bond donors (Lipinski definition) is 3. The van der Waals surface area contributed by atoms with E-state index in [1.165, 1.54) is 0 Å². The lowest BCUT2D eigenvalue weighted by Crippen LogP contribution is -2.45. The minimum atomic E-state index is -3.20. The van der Waals surface area contributed by atoms with Gasteiger partial charge in [0.25, 0.3) is 0 Å². The average Bonchev–Trinajstić information content (AvgIpc) is 2.37. The molecule has 3 N–H and O–H groups in total. The second kappa shape index (κ2) is 7.55. The minimum absolute atomic E-state index is 0.0896. The lowest BCUT2D eigenvalue weighted by Gasteiger charge is -2.30. The summed E-state index contributed by atoms with van der Waals surface area (Å²) in [4.78, 5) is 24.2. The summed E-state index contributed by atoms with van der Waals surface area (Å²) in [6, 6.07) is 0. The molecule has 0 saturated carbocycles. The van der Waals surface area contributed by atoms with Gasteiger partial charge in [-0.1, -0.05) is 0 Å². The highest BCUT2D eigenvalue weighted by Gasteiger charge is 2.26. The summed E-state index contributed by atoms with van der Waals surface area (Å²) in [7, 11) is -3.20. The third-order valence-corrected chi connectivity index (χ3v) is 3.87. The van der Waals surface area contributed by atoms with E-state index in [2.05, 4.69) is 10.0 Å². The molecule has 0 bridgehead atoms. The molecule has 1 aliphatic heterocycles. The van der Waals surface area contributed by atoms with Gasteiger partial charge < -0.3 is 15.3 Å². The smallest absolute Gasteiger partial charge is 0.306 e. The number of carbonyl (C=O) groups excluding carboxylic acids is 1. The Hall–Kier alpha value is -1.19. The Bertz CT molecular complexity index is 443. The molecule has 1 aliphatic rings. The molecule has 8 nitrogen and oxygen atoms in total. The maximum atomic E-state index is 11.8. The van der Waals surface area contributed by atoms with E-state index in [-0.39, 0.29) is 24.9 Å². The zero-order valence-electron chi connectivity index (χ0n) is 11.5. The van der Waals surface area contributed by atoms with E-state index in [0.29, 0.717) is 32.5 Å². The highest BCUT2D eigenvalue weighted by atomic mass is 32.2. The molecule has 0 spiro atoms. The molecule has 0 unspecified atom stereocenters. The van der Waals surface area contributed by atoms with Crippen LogP contribution in [0.15, 0.2) is 0 Å². The molecule has 0 aromatic carbocycles. The van der Waals surface area contributed by atoms with Gasteiger partial charge in [-0.2, -0.15) is 0 Å². The number of carboxylic acids is 1. The Morgan fingerprint density at radius 1 is 1.25 bits per heavy atom. The van der Waals surface area contributed by atoms with Gasteiger partial charge in [0.15, 0.2) is 0 Å². The molecule has 20 heavy (non-hydrogen) atoms. The zero-order chi connectivity index (χ0) is 15.2. The third kappa shape index (κ3) is 6.31. The number of nitrogens with zero attached hydrogens (tertiary/aromatic N) is 1. The van der Waals surface area contributed by atoms with Crippen molar-refractivity contribution < 1.29 is 23.1 Å². The molecule has 1 fully saturated rings. The first-order valence-electron chi connectivity index (χ1n) is 6.45. The summed E-state index contributed by atoms with van der Waals surface area (Å²) in [6.45, 7) is 1.64. The molecule has 0 atom stereocenters. The molecular weight excluding hydrogens is 286 g/mol. The van der Waals surface area contributed by atoms with Gasteiger partial charge in [0, 0.05) is 26.2 Å². The van der Waals surface area contributed by atoms with Gasteiger partial charge in [-0.25, -0.2) is 13.1 Å². The number of piperidine rings is 1. The van der Waals surface area contributed by atoms with Crippen LogP contribution in [0.3, 0.4) is 0 Å². The van der Waals surface area contributed by atoms with Gasteiger partial charge in [-0.05, 0) is 12.8 Å². The predicted octanol–water partition coefficient (Wildman–Crippen LogP) is -1.55.